The fourth-order valence-electron chi connectivity index (χ4n) is 6.37. The number of anilines is 1. The van der Waals surface area contributed by atoms with Crippen molar-refractivity contribution in [2.24, 2.45) is 23.2 Å². The molecule has 0 radical (unpaired) electrons. The molecule has 1 N–H and O–H groups in total. The summed E-state index contributed by atoms with van der Waals surface area (Å²) in [6, 6.07) is 5.87. The SMILES string of the molecule is O=C1Nc2ccc(Cl)cc2C1C12CC3CC(CC(C3)C1)C2. The Morgan fingerprint density at radius 2 is 1.67 bits per heavy atom. The predicted molar refractivity (Wildman–Crippen MR) is 83.4 cm³/mol. The van der Waals surface area contributed by atoms with Crippen LogP contribution in [-0.2, 0) is 4.79 Å². The van der Waals surface area contributed by atoms with Crippen molar-refractivity contribution >= 4 is 23.2 Å². The highest BCUT2D eigenvalue weighted by Crippen LogP contribution is 2.66. The van der Waals surface area contributed by atoms with Crippen molar-refractivity contribution in [1.82, 2.24) is 0 Å². The number of hydrogen-bond donors (Lipinski definition) is 1. The predicted octanol–water partition coefficient (Wildman–Crippen LogP) is 4.59. The number of carbonyl (C=O) groups excluding carboxylic acids is 1. The van der Waals surface area contributed by atoms with Gasteiger partial charge in [-0.3, -0.25) is 4.79 Å². The summed E-state index contributed by atoms with van der Waals surface area (Å²) < 4.78 is 0. The van der Waals surface area contributed by atoms with E-state index in [-0.39, 0.29) is 17.2 Å². The van der Waals surface area contributed by atoms with E-state index in [0.29, 0.717) is 0 Å². The number of rotatable bonds is 1. The van der Waals surface area contributed by atoms with E-state index in [0.717, 1.165) is 34.0 Å². The van der Waals surface area contributed by atoms with E-state index >= 15 is 0 Å². The lowest BCUT2D eigenvalue weighted by atomic mass is 9.46. The molecule has 3 heteroatoms. The van der Waals surface area contributed by atoms with Gasteiger partial charge in [-0.15, -0.1) is 0 Å². The lowest BCUT2D eigenvalue weighted by Gasteiger charge is -2.58. The number of benzene rings is 1. The normalized spacial score (nSPS) is 43.0. The smallest absolute Gasteiger partial charge is 0.232 e. The van der Waals surface area contributed by atoms with Crippen molar-refractivity contribution in [3.63, 3.8) is 0 Å². The molecule has 2 nitrogen and oxygen atoms in total. The second kappa shape index (κ2) is 4.04. The summed E-state index contributed by atoms with van der Waals surface area (Å²) in [5, 5.41) is 3.85. The maximum absolute atomic E-state index is 12.7. The highest BCUT2D eigenvalue weighted by molar-refractivity contribution is 6.31. The van der Waals surface area contributed by atoms with Gasteiger partial charge in [-0.25, -0.2) is 0 Å². The zero-order valence-corrected chi connectivity index (χ0v) is 12.8. The number of nitrogens with one attached hydrogen (secondary N) is 1. The molecule has 0 aromatic heterocycles. The molecule has 0 spiro atoms. The Morgan fingerprint density at radius 1 is 1.05 bits per heavy atom. The van der Waals surface area contributed by atoms with Crippen molar-refractivity contribution in [3.8, 4) is 0 Å². The Labute approximate surface area is 130 Å². The molecule has 4 bridgehead atoms. The minimum atomic E-state index is 0.0413. The summed E-state index contributed by atoms with van der Waals surface area (Å²) in [5.74, 6) is 2.86. The molecule has 1 heterocycles. The van der Waals surface area contributed by atoms with Crippen molar-refractivity contribution in [1.29, 1.82) is 0 Å². The Morgan fingerprint density at radius 3 is 2.29 bits per heavy atom. The second-order valence-corrected chi connectivity index (χ2v) is 8.37. The van der Waals surface area contributed by atoms with E-state index in [9.17, 15) is 4.79 Å². The average molecular weight is 302 g/mol. The second-order valence-electron chi connectivity index (χ2n) is 7.93. The van der Waals surface area contributed by atoms with Gasteiger partial charge in [0.15, 0.2) is 0 Å². The Hall–Kier alpha value is -1.02. The van der Waals surface area contributed by atoms with Crippen LogP contribution in [0.25, 0.3) is 0 Å². The van der Waals surface area contributed by atoms with Gasteiger partial charge in [0, 0.05) is 10.7 Å². The van der Waals surface area contributed by atoms with Crippen LogP contribution >= 0.6 is 11.6 Å². The molecule has 6 rings (SSSR count). The molecular formula is C18H20ClNO. The van der Waals surface area contributed by atoms with Crippen LogP contribution in [0.5, 0.6) is 0 Å². The zero-order chi connectivity index (χ0) is 14.2. The summed E-state index contributed by atoms with van der Waals surface area (Å²) in [4.78, 5) is 12.7. The monoisotopic (exact) mass is 301 g/mol. The first-order chi connectivity index (χ1) is 10.1. The molecule has 1 aromatic rings. The molecule has 1 atom stereocenters. The van der Waals surface area contributed by atoms with Crippen LogP contribution in [0, 0.1) is 23.2 Å². The summed E-state index contributed by atoms with van der Waals surface area (Å²) >= 11 is 6.20. The molecule has 1 unspecified atom stereocenters. The van der Waals surface area contributed by atoms with Gasteiger partial charge in [0.25, 0.3) is 0 Å². The lowest BCUT2D eigenvalue weighted by molar-refractivity contribution is -0.127. The molecule has 4 fully saturated rings. The van der Waals surface area contributed by atoms with Crippen molar-refractivity contribution in [3.05, 3.63) is 28.8 Å². The third-order valence-corrected chi connectivity index (χ3v) is 6.78. The standard InChI is InChI=1S/C18H20ClNO/c19-13-1-2-15-14(6-13)16(17(21)20-15)18-7-10-3-11(8-18)5-12(4-10)9-18/h1-2,6,10-12,16H,3-5,7-9H2,(H,20,21). The molecule has 0 saturated heterocycles. The molecule has 1 aliphatic heterocycles. The minimum Gasteiger partial charge on any atom is -0.325 e. The van der Waals surface area contributed by atoms with Gasteiger partial charge in [-0.1, -0.05) is 11.6 Å². The van der Waals surface area contributed by atoms with E-state index in [4.69, 9.17) is 11.6 Å². The van der Waals surface area contributed by atoms with E-state index < -0.39 is 0 Å². The fourth-order valence-corrected chi connectivity index (χ4v) is 6.55. The molecule has 110 valence electrons. The number of halogens is 1. The van der Waals surface area contributed by atoms with Crippen molar-refractivity contribution < 1.29 is 4.79 Å². The maximum Gasteiger partial charge on any atom is 0.232 e. The lowest BCUT2D eigenvalue weighted by Crippen LogP contribution is -2.50. The molecule has 1 amide bonds. The maximum atomic E-state index is 12.7. The van der Waals surface area contributed by atoms with Crippen LogP contribution in [0.1, 0.15) is 50.0 Å². The number of amides is 1. The van der Waals surface area contributed by atoms with Crippen LogP contribution in [0.3, 0.4) is 0 Å². The Balaban J connectivity index is 1.62. The van der Waals surface area contributed by atoms with Gasteiger partial charge in [0.05, 0.1) is 5.92 Å². The van der Waals surface area contributed by atoms with Gasteiger partial charge in [-0.2, -0.15) is 0 Å². The molecule has 1 aromatic carbocycles. The van der Waals surface area contributed by atoms with E-state index in [2.05, 4.69) is 5.32 Å². The molecule has 4 saturated carbocycles. The van der Waals surface area contributed by atoms with Crippen molar-refractivity contribution in [2.75, 3.05) is 5.32 Å². The minimum absolute atomic E-state index is 0.0413. The summed E-state index contributed by atoms with van der Waals surface area (Å²) in [6.07, 6.45) is 8.00. The highest BCUT2D eigenvalue weighted by Gasteiger charge is 2.57. The average Bonchev–Trinajstić information content (AvgIpc) is 2.72. The van der Waals surface area contributed by atoms with Crippen LogP contribution in [0.15, 0.2) is 18.2 Å². The Kier molecular flexibility index (Phi) is 2.41. The third kappa shape index (κ3) is 1.69. The number of hydrogen-bond acceptors (Lipinski definition) is 1. The first kappa shape index (κ1) is 12.5. The van der Waals surface area contributed by atoms with Gasteiger partial charge in [0.2, 0.25) is 5.91 Å². The van der Waals surface area contributed by atoms with E-state index in [1.54, 1.807) is 0 Å². The summed E-state index contributed by atoms with van der Waals surface area (Å²) in [7, 11) is 0. The molecule has 21 heavy (non-hydrogen) atoms. The van der Waals surface area contributed by atoms with E-state index in [1.165, 1.54) is 38.5 Å². The first-order valence-corrected chi connectivity index (χ1v) is 8.61. The van der Waals surface area contributed by atoms with Crippen molar-refractivity contribution in [2.45, 2.75) is 44.4 Å². The van der Waals surface area contributed by atoms with Gasteiger partial charge in [0.1, 0.15) is 0 Å². The molecular weight excluding hydrogens is 282 g/mol. The summed E-state index contributed by atoms with van der Waals surface area (Å²) in [6.45, 7) is 0. The number of carbonyl (C=O) groups is 1. The first-order valence-electron chi connectivity index (χ1n) is 8.23. The van der Waals surface area contributed by atoms with Gasteiger partial charge in [-0.05, 0) is 85.5 Å². The number of fused-ring (bicyclic) bond motifs is 1. The topological polar surface area (TPSA) is 29.1 Å². The van der Waals surface area contributed by atoms with Crippen LogP contribution in [-0.4, -0.2) is 5.91 Å². The Bertz CT molecular complexity index is 603. The zero-order valence-electron chi connectivity index (χ0n) is 12.1. The van der Waals surface area contributed by atoms with E-state index in [1.807, 2.05) is 18.2 Å². The van der Waals surface area contributed by atoms with Crippen LogP contribution in [0.4, 0.5) is 5.69 Å². The van der Waals surface area contributed by atoms with Gasteiger partial charge < -0.3 is 5.32 Å². The quantitative estimate of drug-likeness (QED) is 0.807. The van der Waals surface area contributed by atoms with Gasteiger partial charge >= 0.3 is 0 Å². The van der Waals surface area contributed by atoms with Crippen LogP contribution in [0.2, 0.25) is 5.02 Å². The summed E-state index contributed by atoms with van der Waals surface area (Å²) in [5.41, 5.74) is 2.37. The highest BCUT2D eigenvalue weighted by atomic mass is 35.5. The fraction of sp³-hybridized carbons (Fsp3) is 0.611. The largest absolute Gasteiger partial charge is 0.325 e. The third-order valence-electron chi connectivity index (χ3n) is 6.54. The molecule has 5 aliphatic rings. The van der Waals surface area contributed by atoms with Crippen LogP contribution < -0.4 is 5.32 Å². The molecule has 4 aliphatic carbocycles.